The lowest BCUT2D eigenvalue weighted by Gasteiger charge is -2.20. The summed E-state index contributed by atoms with van der Waals surface area (Å²) in [6.45, 7) is 0. The highest BCUT2D eigenvalue weighted by Crippen LogP contribution is 2.48. The van der Waals surface area contributed by atoms with Gasteiger partial charge < -0.3 is 4.42 Å². The second kappa shape index (κ2) is 11.4. The molecule has 2 atom stereocenters. The monoisotopic (exact) mass is 691 g/mol. The first-order valence-corrected chi connectivity index (χ1v) is 19.0. The summed E-state index contributed by atoms with van der Waals surface area (Å²) in [6, 6.07) is 36.8. The van der Waals surface area contributed by atoms with E-state index in [1.165, 1.54) is 46.3 Å². The summed E-state index contributed by atoms with van der Waals surface area (Å²) in [7, 11) is 0. The summed E-state index contributed by atoms with van der Waals surface area (Å²) in [4.78, 5) is 17.1. The lowest BCUT2D eigenvalue weighted by atomic mass is 9.85. The Labute approximate surface area is 301 Å². The average molecular weight is 692 g/mol. The molecule has 2 unspecified atom stereocenters. The molecule has 4 heterocycles. The first kappa shape index (κ1) is 29.1. The molecule has 0 fully saturated rings. The maximum atomic E-state index is 6.82. The van der Waals surface area contributed by atoms with Crippen molar-refractivity contribution in [3.05, 3.63) is 155 Å². The molecule has 0 aliphatic heterocycles. The van der Waals surface area contributed by atoms with Crippen molar-refractivity contribution in [2.75, 3.05) is 0 Å². The molecule has 51 heavy (non-hydrogen) atoms. The van der Waals surface area contributed by atoms with Gasteiger partial charge in [0.1, 0.15) is 17.0 Å². The van der Waals surface area contributed by atoms with E-state index in [9.17, 15) is 0 Å². The van der Waals surface area contributed by atoms with Crippen molar-refractivity contribution < 1.29 is 4.42 Å². The SMILES string of the molecule is C1=CCC(c2nc(-c3ccc4sc5ccccc5c4c3)nc(-c3ccc(C4CC=Cc5c4sc4ccccc54)c4oc5ccccc5c34)n2)C=C1. The van der Waals surface area contributed by atoms with Gasteiger partial charge in [0, 0.05) is 69.0 Å². The number of benzene rings is 5. The second-order valence-electron chi connectivity index (χ2n) is 13.4. The number of nitrogens with zero attached hydrogens (tertiary/aromatic N) is 3. The van der Waals surface area contributed by atoms with Crippen LogP contribution in [-0.2, 0) is 0 Å². The van der Waals surface area contributed by atoms with Crippen LogP contribution in [0.2, 0.25) is 0 Å². The minimum absolute atomic E-state index is 0.0671. The minimum atomic E-state index is 0.0671. The van der Waals surface area contributed by atoms with E-state index in [-0.39, 0.29) is 11.8 Å². The summed E-state index contributed by atoms with van der Waals surface area (Å²) >= 11 is 3.72. The van der Waals surface area contributed by atoms with Crippen LogP contribution in [-0.4, -0.2) is 15.0 Å². The molecule has 0 N–H and O–H groups in total. The normalized spacial score (nSPS) is 17.0. The topological polar surface area (TPSA) is 51.8 Å². The van der Waals surface area contributed by atoms with Crippen LogP contribution in [0.1, 0.15) is 46.5 Å². The molecule has 11 rings (SSSR count). The van der Waals surface area contributed by atoms with Crippen LogP contribution in [0.25, 0.3) is 81.0 Å². The van der Waals surface area contributed by atoms with Crippen LogP contribution in [0.3, 0.4) is 0 Å². The molecule has 0 amide bonds. The molecule has 242 valence electrons. The van der Waals surface area contributed by atoms with Gasteiger partial charge in [-0.1, -0.05) is 97.1 Å². The van der Waals surface area contributed by atoms with Crippen molar-refractivity contribution >= 4 is 80.9 Å². The number of para-hydroxylation sites is 1. The Bertz CT molecular complexity index is 2960. The Morgan fingerprint density at radius 1 is 0.627 bits per heavy atom. The predicted molar refractivity (Wildman–Crippen MR) is 214 cm³/mol. The van der Waals surface area contributed by atoms with Crippen LogP contribution < -0.4 is 0 Å². The quantitative estimate of drug-likeness (QED) is 0.184. The van der Waals surface area contributed by atoms with Crippen LogP contribution in [0.15, 0.2) is 138 Å². The van der Waals surface area contributed by atoms with Gasteiger partial charge in [-0.15, -0.1) is 22.7 Å². The molecule has 5 aromatic carbocycles. The zero-order valence-corrected chi connectivity index (χ0v) is 29.0. The fourth-order valence-electron chi connectivity index (χ4n) is 7.97. The molecule has 0 radical (unpaired) electrons. The van der Waals surface area contributed by atoms with Gasteiger partial charge in [0.15, 0.2) is 11.6 Å². The van der Waals surface area contributed by atoms with Gasteiger partial charge in [0.05, 0.1) is 0 Å². The van der Waals surface area contributed by atoms with Crippen molar-refractivity contribution in [2.24, 2.45) is 0 Å². The molecule has 4 nitrogen and oxygen atoms in total. The highest BCUT2D eigenvalue weighted by molar-refractivity contribution is 7.25. The largest absolute Gasteiger partial charge is 0.456 e. The van der Waals surface area contributed by atoms with Gasteiger partial charge in [0.2, 0.25) is 0 Å². The molecule has 0 saturated carbocycles. The van der Waals surface area contributed by atoms with E-state index < -0.39 is 0 Å². The Morgan fingerprint density at radius 2 is 1.41 bits per heavy atom. The van der Waals surface area contributed by atoms with Gasteiger partial charge in [-0.25, -0.2) is 15.0 Å². The van der Waals surface area contributed by atoms with Gasteiger partial charge in [-0.05, 0) is 66.3 Å². The molecule has 0 saturated heterocycles. The fourth-order valence-corrected chi connectivity index (χ4v) is 10.4. The minimum Gasteiger partial charge on any atom is -0.456 e. The van der Waals surface area contributed by atoms with Gasteiger partial charge in [-0.3, -0.25) is 0 Å². The lowest BCUT2D eigenvalue weighted by molar-refractivity contribution is 0.656. The molecule has 2 aliphatic rings. The van der Waals surface area contributed by atoms with Crippen LogP contribution >= 0.6 is 22.7 Å². The maximum Gasteiger partial charge on any atom is 0.164 e. The van der Waals surface area contributed by atoms with E-state index in [0.717, 1.165) is 51.7 Å². The maximum absolute atomic E-state index is 6.82. The number of thiophene rings is 2. The van der Waals surface area contributed by atoms with E-state index in [4.69, 9.17) is 19.4 Å². The third kappa shape index (κ3) is 4.60. The molecule has 6 heteroatoms. The standard InChI is InChI=1S/C45H29N3OS2/c1-2-11-26(12-3-1)43-46-44(27-21-24-39-35(25-27)29-14-6-8-19-37(29)50-39)48-45(47-43)34-23-22-30(41-40(34)33-15-4-7-18-36(33)49-41)32-17-10-16-31-28-13-5-9-20-38(28)51-42(31)32/h1-11,13-16,18-26,32H,12,17H2. The number of aromatic nitrogens is 3. The molecule has 4 aromatic heterocycles. The second-order valence-corrected chi connectivity index (χ2v) is 15.5. The lowest BCUT2D eigenvalue weighted by Crippen LogP contribution is -2.08. The van der Waals surface area contributed by atoms with Crippen molar-refractivity contribution in [2.45, 2.75) is 24.7 Å². The number of hydrogen-bond acceptors (Lipinski definition) is 6. The molecule has 9 aromatic rings. The Balaban J connectivity index is 1.14. The highest BCUT2D eigenvalue weighted by Gasteiger charge is 2.28. The number of allylic oxidation sites excluding steroid dienone is 5. The molecule has 2 aliphatic carbocycles. The highest BCUT2D eigenvalue weighted by atomic mass is 32.1. The van der Waals surface area contributed by atoms with Gasteiger partial charge >= 0.3 is 0 Å². The van der Waals surface area contributed by atoms with Crippen molar-refractivity contribution in [1.82, 2.24) is 15.0 Å². The van der Waals surface area contributed by atoms with Gasteiger partial charge in [0.25, 0.3) is 0 Å². The third-order valence-corrected chi connectivity index (χ3v) is 12.9. The van der Waals surface area contributed by atoms with E-state index in [1.54, 1.807) is 0 Å². The molecular formula is C45H29N3OS2. The summed E-state index contributed by atoms with van der Waals surface area (Å²) in [6.07, 6.45) is 15.0. The number of rotatable bonds is 4. The smallest absolute Gasteiger partial charge is 0.164 e. The predicted octanol–water partition coefficient (Wildman–Crippen LogP) is 12.8. The average Bonchev–Trinajstić information content (AvgIpc) is 3.89. The van der Waals surface area contributed by atoms with E-state index in [1.807, 2.05) is 28.7 Å². The van der Waals surface area contributed by atoms with Crippen molar-refractivity contribution in [3.8, 4) is 22.8 Å². The summed E-state index contributed by atoms with van der Waals surface area (Å²) < 4.78 is 10.7. The van der Waals surface area contributed by atoms with Crippen molar-refractivity contribution in [3.63, 3.8) is 0 Å². The zero-order valence-electron chi connectivity index (χ0n) is 27.4. The summed E-state index contributed by atoms with van der Waals surface area (Å²) in [5, 5.41) is 5.94. The zero-order chi connectivity index (χ0) is 33.5. The Morgan fingerprint density at radius 3 is 2.29 bits per heavy atom. The van der Waals surface area contributed by atoms with E-state index in [2.05, 4.69) is 134 Å². The number of hydrogen-bond donors (Lipinski definition) is 0. The van der Waals surface area contributed by atoms with Gasteiger partial charge in [-0.2, -0.15) is 0 Å². The number of furan rings is 1. The number of fused-ring (bicyclic) bond motifs is 9. The molecule has 0 spiro atoms. The van der Waals surface area contributed by atoms with E-state index >= 15 is 0 Å². The van der Waals surface area contributed by atoms with Crippen LogP contribution in [0.5, 0.6) is 0 Å². The van der Waals surface area contributed by atoms with Crippen LogP contribution in [0, 0.1) is 0 Å². The molecule has 0 bridgehead atoms. The third-order valence-electron chi connectivity index (χ3n) is 10.4. The molecular weight excluding hydrogens is 663 g/mol. The first-order valence-electron chi connectivity index (χ1n) is 17.4. The summed E-state index contributed by atoms with van der Waals surface area (Å²) in [5.74, 6) is 2.39. The summed E-state index contributed by atoms with van der Waals surface area (Å²) in [5.41, 5.74) is 6.26. The van der Waals surface area contributed by atoms with E-state index in [0.29, 0.717) is 11.6 Å². The Kier molecular flexibility index (Phi) is 6.51. The van der Waals surface area contributed by atoms with Crippen LogP contribution in [0.4, 0.5) is 0 Å². The Hall–Kier alpha value is -5.69. The van der Waals surface area contributed by atoms with Crippen molar-refractivity contribution in [1.29, 1.82) is 0 Å². The fraction of sp³-hybridized carbons (Fsp3) is 0.0889. The first-order chi connectivity index (χ1) is 25.3.